The molecule has 0 aliphatic heterocycles. The van der Waals surface area contributed by atoms with Crippen molar-refractivity contribution in [3.63, 3.8) is 0 Å². The summed E-state index contributed by atoms with van der Waals surface area (Å²) in [7, 11) is 1.98. The van der Waals surface area contributed by atoms with E-state index in [9.17, 15) is 9.90 Å². The highest BCUT2D eigenvalue weighted by Gasteiger charge is 2.22. The molecule has 0 saturated heterocycles. The van der Waals surface area contributed by atoms with Crippen LogP contribution in [-0.4, -0.2) is 27.7 Å². The van der Waals surface area contributed by atoms with Crippen LogP contribution in [0.1, 0.15) is 36.0 Å². The molecule has 0 atom stereocenters. The van der Waals surface area contributed by atoms with Crippen molar-refractivity contribution in [3.8, 4) is 0 Å². The topological polar surface area (TPSA) is 54.3 Å². The number of aliphatic hydroxyl groups is 1. The Kier molecular flexibility index (Phi) is 3.49. The Labute approximate surface area is 118 Å². The summed E-state index contributed by atoms with van der Waals surface area (Å²) in [5.41, 5.74) is 1.80. The zero-order chi connectivity index (χ0) is 14.1. The minimum absolute atomic E-state index is 0.0109. The Morgan fingerprint density at radius 2 is 2.00 bits per heavy atom. The zero-order valence-electron chi connectivity index (χ0n) is 11.7. The third kappa shape index (κ3) is 2.43. The van der Waals surface area contributed by atoms with Gasteiger partial charge in [-0.2, -0.15) is 0 Å². The lowest BCUT2D eigenvalue weighted by Crippen LogP contribution is -2.38. The normalized spacial score (nSPS) is 22.9. The molecule has 2 aromatic rings. The molecule has 0 unspecified atom stereocenters. The summed E-state index contributed by atoms with van der Waals surface area (Å²) in [5, 5.41) is 13.6. The minimum atomic E-state index is -0.194. The van der Waals surface area contributed by atoms with E-state index in [1.54, 1.807) is 0 Å². The number of carbonyl (C=O) groups excluding carboxylic acids is 1. The maximum absolute atomic E-state index is 12.4. The summed E-state index contributed by atoms with van der Waals surface area (Å²) < 4.78 is 2.02. The molecule has 1 aromatic carbocycles. The minimum Gasteiger partial charge on any atom is -0.393 e. The first-order valence-corrected chi connectivity index (χ1v) is 7.18. The predicted octanol–water partition coefficient (Wildman–Crippen LogP) is 2.21. The number of aromatic nitrogens is 1. The quantitative estimate of drug-likeness (QED) is 0.880. The Bertz CT molecular complexity index is 624. The third-order valence-electron chi connectivity index (χ3n) is 4.20. The van der Waals surface area contributed by atoms with Crippen molar-refractivity contribution in [1.29, 1.82) is 0 Å². The molecule has 1 heterocycles. The maximum atomic E-state index is 12.4. The summed E-state index contributed by atoms with van der Waals surface area (Å²) in [6.45, 7) is 0. The molecule has 0 spiro atoms. The SMILES string of the molecule is Cn1ccc2c(C(=O)NC3CCC(O)CC3)cccc21. The molecular weight excluding hydrogens is 252 g/mol. The van der Waals surface area contributed by atoms with Gasteiger partial charge in [0.1, 0.15) is 0 Å². The van der Waals surface area contributed by atoms with Crippen molar-refractivity contribution < 1.29 is 9.90 Å². The predicted molar refractivity (Wildman–Crippen MR) is 78.6 cm³/mol. The van der Waals surface area contributed by atoms with Crippen LogP contribution < -0.4 is 5.32 Å². The second-order valence-electron chi connectivity index (χ2n) is 5.64. The Hall–Kier alpha value is -1.81. The van der Waals surface area contributed by atoms with Crippen LogP contribution in [0.25, 0.3) is 10.9 Å². The van der Waals surface area contributed by atoms with Crippen molar-refractivity contribution in [2.45, 2.75) is 37.8 Å². The number of hydrogen-bond acceptors (Lipinski definition) is 2. The molecule has 20 heavy (non-hydrogen) atoms. The number of aryl methyl sites for hydroxylation is 1. The number of fused-ring (bicyclic) bond motifs is 1. The number of benzene rings is 1. The van der Waals surface area contributed by atoms with Gasteiger partial charge in [-0.1, -0.05) is 6.07 Å². The molecule has 1 amide bonds. The molecule has 4 nitrogen and oxygen atoms in total. The average molecular weight is 272 g/mol. The third-order valence-corrected chi connectivity index (χ3v) is 4.20. The zero-order valence-corrected chi connectivity index (χ0v) is 11.7. The largest absolute Gasteiger partial charge is 0.393 e. The van der Waals surface area contributed by atoms with Gasteiger partial charge in [-0.15, -0.1) is 0 Å². The molecule has 1 aliphatic carbocycles. The summed E-state index contributed by atoms with van der Waals surface area (Å²) in [5.74, 6) is -0.0109. The van der Waals surface area contributed by atoms with Crippen molar-refractivity contribution in [1.82, 2.24) is 9.88 Å². The van der Waals surface area contributed by atoms with Gasteiger partial charge in [-0.25, -0.2) is 0 Å². The van der Waals surface area contributed by atoms with E-state index in [1.165, 1.54) is 0 Å². The Balaban J connectivity index is 1.79. The lowest BCUT2D eigenvalue weighted by atomic mass is 9.93. The molecule has 3 rings (SSSR count). The molecule has 0 bridgehead atoms. The molecule has 1 fully saturated rings. The van der Waals surface area contributed by atoms with Gasteiger partial charge in [-0.3, -0.25) is 4.79 Å². The molecule has 4 heteroatoms. The molecule has 1 aromatic heterocycles. The van der Waals surface area contributed by atoms with E-state index in [4.69, 9.17) is 0 Å². The molecule has 1 saturated carbocycles. The van der Waals surface area contributed by atoms with Crippen LogP contribution in [0.5, 0.6) is 0 Å². The average Bonchev–Trinajstić information content (AvgIpc) is 2.83. The van der Waals surface area contributed by atoms with Crippen LogP contribution >= 0.6 is 0 Å². The van der Waals surface area contributed by atoms with Crippen LogP contribution in [0.4, 0.5) is 0 Å². The summed E-state index contributed by atoms with van der Waals surface area (Å²) >= 11 is 0. The van der Waals surface area contributed by atoms with E-state index in [-0.39, 0.29) is 18.1 Å². The van der Waals surface area contributed by atoms with E-state index in [1.807, 2.05) is 42.1 Å². The number of nitrogens with one attached hydrogen (secondary N) is 1. The fraction of sp³-hybridized carbons (Fsp3) is 0.438. The van der Waals surface area contributed by atoms with E-state index in [0.29, 0.717) is 0 Å². The van der Waals surface area contributed by atoms with Gasteiger partial charge >= 0.3 is 0 Å². The Morgan fingerprint density at radius 3 is 2.75 bits per heavy atom. The van der Waals surface area contributed by atoms with E-state index >= 15 is 0 Å². The fourth-order valence-electron chi connectivity index (χ4n) is 2.98. The molecule has 106 valence electrons. The van der Waals surface area contributed by atoms with Crippen LogP contribution in [0.15, 0.2) is 30.5 Å². The van der Waals surface area contributed by atoms with E-state index < -0.39 is 0 Å². The number of aliphatic hydroxyl groups excluding tert-OH is 1. The van der Waals surface area contributed by atoms with Crippen molar-refractivity contribution in [3.05, 3.63) is 36.0 Å². The second-order valence-corrected chi connectivity index (χ2v) is 5.64. The molecule has 1 aliphatic rings. The first-order chi connectivity index (χ1) is 9.65. The van der Waals surface area contributed by atoms with Gasteiger partial charge in [0, 0.05) is 35.8 Å². The number of hydrogen-bond donors (Lipinski definition) is 2. The highest BCUT2D eigenvalue weighted by Crippen LogP contribution is 2.22. The van der Waals surface area contributed by atoms with Gasteiger partial charge < -0.3 is 15.0 Å². The molecule has 2 N–H and O–H groups in total. The van der Waals surface area contributed by atoms with Crippen molar-refractivity contribution >= 4 is 16.8 Å². The lowest BCUT2D eigenvalue weighted by molar-refractivity contribution is 0.0869. The van der Waals surface area contributed by atoms with Crippen LogP contribution in [0.3, 0.4) is 0 Å². The summed E-state index contributed by atoms with van der Waals surface area (Å²) in [6, 6.07) is 7.97. The standard InChI is InChI=1S/C16H20N2O2/c1-18-10-9-13-14(3-2-4-15(13)18)16(20)17-11-5-7-12(19)8-6-11/h2-4,9-12,19H,5-8H2,1H3,(H,17,20). The van der Waals surface area contributed by atoms with Gasteiger partial charge in [-0.05, 0) is 43.9 Å². The van der Waals surface area contributed by atoms with E-state index in [0.717, 1.165) is 42.1 Å². The van der Waals surface area contributed by atoms with Crippen LogP contribution in [-0.2, 0) is 7.05 Å². The molecule has 0 radical (unpaired) electrons. The van der Waals surface area contributed by atoms with Gasteiger partial charge in [0.05, 0.1) is 6.10 Å². The second kappa shape index (κ2) is 5.29. The van der Waals surface area contributed by atoms with Gasteiger partial charge in [0.25, 0.3) is 5.91 Å². The number of amides is 1. The summed E-state index contributed by atoms with van der Waals surface area (Å²) in [6.07, 6.45) is 5.05. The Morgan fingerprint density at radius 1 is 1.25 bits per heavy atom. The highest BCUT2D eigenvalue weighted by molar-refractivity contribution is 6.06. The smallest absolute Gasteiger partial charge is 0.252 e. The highest BCUT2D eigenvalue weighted by atomic mass is 16.3. The monoisotopic (exact) mass is 272 g/mol. The number of carbonyl (C=O) groups is 1. The summed E-state index contributed by atoms with van der Waals surface area (Å²) in [4.78, 5) is 12.4. The van der Waals surface area contributed by atoms with Crippen molar-refractivity contribution in [2.24, 2.45) is 7.05 Å². The van der Waals surface area contributed by atoms with E-state index in [2.05, 4.69) is 5.32 Å². The van der Waals surface area contributed by atoms with Gasteiger partial charge in [0.15, 0.2) is 0 Å². The lowest BCUT2D eigenvalue weighted by Gasteiger charge is -2.26. The number of nitrogens with zero attached hydrogens (tertiary/aromatic N) is 1. The first-order valence-electron chi connectivity index (χ1n) is 7.18. The van der Waals surface area contributed by atoms with Crippen molar-refractivity contribution in [2.75, 3.05) is 0 Å². The fourth-order valence-corrected chi connectivity index (χ4v) is 2.98. The first kappa shape index (κ1) is 13.2. The maximum Gasteiger partial charge on any atom is 0.252 e. The number of rotatable bonds is 2. The van der Waals surface area contributed by atoms with Gasteiger partial charge in [0.2, 0.25) is 0 Å². The van der Waals surface area contributed by atoms with Crippen LogP contribution in [0, 0.1) is 0 Å². The molecular formula is C16H20N2O2. The van der Waals surface area contributed by atoms with Crippen LogP contribution in [0.2, 0.25) is 0 Å².